The van der Waals surface area contributed by atoms with Gasteiger partial charge in [0.05, 0.1) is 85.5 Å². The molecule has 2 bridgehead atoms. The number of carbonyl (C=O) groups is 2. The number of allylic oxidation sites excluding steroid dienone is 12. The summed E-state index contributed by atoms with van der Waals surface area (Å²) in [6.07, 6.45) is 4.69. The Morgan fingerprint density at radius 3 is 1.90 bits per heavy atom. The number of aliphatic hydroxyl groups is 10. The number of aliphatic hydroxyl groups excluding tert-OH is 9. The first-order chi connectivity index (χ1) is 34.2. The summed E-state index contributed by atoms with van der Waals surface area (Å²) >= 11 is 0. The van der Waals surface area contributed by atoms with E-state index in [1.54, 1.807) is 75.4 Å². The zero-order valence-electron chi connectivity index (χ0n) is 41.7. The van der Waals surface area contributed by atoms with E-state index in [0.717, 1.165) is 5.56 Å². The molecule has 3 heterocycles. The van der Waals surface area contributed by atoms with E-state index in [9.17, 15) is 60.7 Å². The molecule has 18 heteroatoms. The van der Waals surface area contributed by atoms with E-state index in [0.29, 0.717) is 0 Å². The predicted octanol–water partition coefficient (Wildman–Crippen LogP) is 1.94. The van der Waals surface area contributed by atoms with Gasteiger partial charge in [-0.15, -0.1) is 0 Å². The summed E-state index contributed by atoms with van der Waals surface area (Å²) < 4.78 is 23.8. The van der Waals surface area contributed by atoms with Crippen LogP contribution in [-0.2, 0) is 35.1 Å². The molecule has 1 aromatic carbocycles. The highest BCUT2D eigenvalue weighted by molar-refractivity contribution is 5.80. The quantitative estimate of drug-likeness (QED) is 0.188. The Hall–Kier alpha value is -4.22. The average Bonchev–Trinajstić information content (AvgIpc) is 3.32. The fraction of sp³-hybridized carbons (Fsp3) is 0.593. The van der Waals surface area contributed by atoms with Crippen LogP contribution in [0.15, 0.2) is 115 Å². The fourth-order valence-corrected chi connectivity index (χ4v) is 8.89. The van der Waals surface area contributed by atoms with Gasteiger partial charge in [-0.2, -0.15) is 0 Å². The van der Waals surface area contributed by atoms with E-state index < -0.39 is 147 Å². The predicted molar refractivity (Wildman–Crippen MR) is 268 cm³/mol. The molecule has 72 heavy (non-hydrogen) atoms. The van der Waals surface area contributed by atoms with Gasteiger partial charge in [-0.25, -0.2) is 0 Å². The first kappa shape index (κ1) is 60.3. The Balaban J connectivity index is 1.61. The number of nitrogens with two attached hydrogens (primary N) is 1. The van der Waals surface area contributed by atoms with Crippen molar-refractivity contribution in [3.63, 3.8) is 0 Å². The smallest absolute Gasteiger partial charge is 0.308 e. The van der Waals surface area contributed by atoms with Crippen LogP contribution in [0.25, 0.3) is 0 Å². The van der Waals surface area contributed by atoms with Crippen molar-refractivity contribution in [2.45, 2.75) is 183 Å². The second-order valence-corrected chi connectivity index (χ2v) is 19.4. The Morgan fingerprint density at radius 2 is 1.28 bits per heavy atom. The highest BCUT2D eigenvalue weighted by atomic mass is 16.7. The third-order valence-electron chi connectivity index (χ3n) is 13.3. The molecule has 19 atom stereocenters. The molecular weight excluding hydrogens is 933 g/mol. The SMILES string of the molecule is CC1OC(O[C@H]2C=CC=CC=CC=CC=CC=CC=CC(C)[C@@H](O)C(C)C(C)OC(=O)C[C@H](O)C[C@H](O)CC[C@@H](O)[C@H](O)C[C@H](O)C[C@]3(O)CC(O)[C@@H](C(=O)NCc4ccccc4)C(C2)O3)C(O)C(N)C1O. The van der Waals surface area contributed by atoms with Crippen LogP contribution in [0.2, 0.25) is 0 Å². The number of hydrogen-bond acceptors (Lipinski definition) is 17. The number of hydrogen-bond donors (Lipinski definition) is 12. The third kappa shape index (κ3) is 19.9. The number of benzene rings is 1. The molecule has 3 aliphatic heterocycles. The van der Waals surface area contributed by atoms with Crippen molar-refractivity contribution >= 4 is 11.9 Å². The average molecular weight is 1010 g/mol. The lowest BCUT2D eigenvalue weighted by Gasteiger charge is -2.46. The van der Waals surface area contributed by atoms with Gasteiger partial charge in [0.2, 0.25) is 5.91 Å². The van der Waals surface area contributed by atoms with E-state index in [2.05, 4.69) is 5.32 Å². The summed E-state index contributed by atoms with van der Waals surface area (Å²) in [6, 6.07) is 7.92. The van der Waals surface area contributed by atoms with Gasteiger partial charge in [-0.3, -0.25) is 9.59 Å². The molecule has 13 N–H and O–H groups in total. The molecule has 3 aliphatic rings. The lowest BCUT2D eigenvalue weighted by atomic mass is 9.82. The van der Waals surface area contributed by atoms with Crippen LogP contribution < -0.4 is 11.1 Å². The minimum Gasteiger partial charge on any atom is -0.462 e. The molecule has 1 amide bonds. The topological polar surface area (TPSA) is 311 Å². The number of fused-ring (bicyclic) bond motifs is 2. The molecule has 2 saturated heterocycles. The van der Waals surface area contributed by atoms with E-state index in [4.69, 9.17) is 24.7 Å². The zero-order chi connectivity index (χ0) is 53.0. The molecule has 0 aliphatic carbocycles. The van der Waals surface area contributed by atoms with Crippen LogP contribution in [-0.4, -0.2) is 160 Å². The fourth-order valence-electron chi connectivity index (χ4n) is 8.89. The Bertz CT molecular complexity index is 1990. The summed E-state index contributed by atoms with van der Waals surface area (Å²) in [7, 11) is 0. The minimum absolute atomic E-state index is 0.0961. The molecule has 10 unspecified atom stereocenters. The lowest BCUT2D eigenvalue weighted by Crippen LogP contribution is -2.62. The molecule has 0 saturated carbocycles. The highest BCUT2D eigenvalue weighted by Gasteiger charge is 2.51. The van der Waals surface area contributed by atoms with Gasteiger partial charge >= 0.3 is 5.97 Å². The first-order valence-electron chi connectivity index (χ1n) is 25.0. The third-order valence-corrected chi connectivity index (χ3v) is 13.3. The van der Waals surface area contributed by atoms with Crippen molar-refractivity contribution in [1.29, 1.82) is 0 Å². The number of carbonyl (C=O) groups excluding carboxylic acids is 2. The van der Waals surface area contributed by atoms with E-state index in [1.165, 1.54) is 0 Å². The molecule has 0 spiro atoms. The Kier molecular flexibility index (Phi) is 25.3. The van der Waals surface area contributed by atoms with E-state index in [-0.39, 0.29) is 38.1 Å². The van der Waals surface area contributed by atoms with Crippen LogP contribution in [0, 0.1) is 17.8 Å². The molecule has 18 nitrogen and oxygen atoms in total. The second kappa shape index (κ2) is 30.2. The maximum atomic E-state index is 14.0. The molecule has 0 radical (unpaired) electrons. The van der Waals surface area contributed by atoms with Crippen LogP contribution in [0.1, 0.15) is 84.6 Å². The Labute approximate surface area is 423 Å². The number of esters is 1. The van der Waals surface area contributed by atoms with Gasteiger partial charge in [0.25, 0.3) is 0 Å². The second-order valence-electron chi connectivity index (χ2n) is 19.4. The Morgan fingerprint density at radius 1 is 0.681 bits per heavy atom. The van der Waals surface area contributed by atoms with Crippen molar-refractivity contribution < 1.29 is 79.6 Å². The molecule has 4 rings (SSSR count). The van der Waals surface area contributed by atoms with Crippen LogP contribution in [0.4, 0.5) is 0 Å². The number of ether oxygens (including phenoxy) is 4. The number of rotatable bonds is 5. The van der Waals surface area contributed by atoms with E-state index in [1.807, 2.05) is 67.7 Å². The van der Waals surface area contributed by atoms with Gasteiger partial charge in [-0.05, 0) is 38.7 Å². The summed E-state index contributed by atoms with van der Waals surface area (Å²) in [5, 5.41) is 113. The number of cyclic esters (lactones) is 1. The minimum atomic E-state index is -2.28. The highest BCUT2D eigenvalue weighted by Crippen LogP contribution is 2.38. The summed E-state index contributed by atoms with van der Waals surface area (Å²) in [6.45, 7) is 6.91. The molecule has 402 valence electrons. The van der Waals surface area contributed by atoms with Gasteiger partial charge in [0.15, 0.2) is 12.1 Å². The number of nitrogens with one attached hydrogen (secondary N) is 1. The van der Waals surface area contributed by atoms with Gasteiger partial charge < -0.3 is 81.1 Å². The lowest BCUT2D eigenvalue weighted by molar-refractivity contribution is -0.307. The van der Waals surface area contributed by atoms with Gasteiger partial charge in [0.1, 0.15) is 12.2 Å². The van der Waals surface area contributed by atoms with Crippen molar-refractivity contribution in [2.75, 3.05) is 0 Å². The number of amides is 1. The largest absolute Gasteiger partial charge is 0.462 e. The summed E-state index contributed by atoms with van der Waals surface area (Å²) in [5.74, 6) is -5.64. The molecular formula is C54H80N2O16. The zero-order valence-corrected chi connectivity index (χ0v) is 41.7. The van der Waals surface area contributed by atoms with Crippen molar-refractivity contribution in [2.24, 2.45) is 23.5 Å². The normalized spacial score (nSPS) is 39.0. The van der Waals surface area contributed by atoms with Crippen molar-refractivity contribution in [1.82, 2.24) is 5.32 Å². The van der Waals surface area contributed by atoms with Crippen LogP contribution in [0.3, 0.4) is 0 Å². The van der Waals surface area contributed by atoms with E-state index >= 15 is 0 Å². The first-order valence-corrected chi connectivity index (χ1v) is 25.0. The molecule has 1 aromatic rings. The maximum Gasteiger partial charge on any atom is 0.308 e. The standard InChI is InChI=1S/C54H80N2O16/c1-33-20-16-13-11-9-7-5-6-8-10-12-14-19-23-41(71-53-51(66)48(55)50(65)36(4)70-53)29-45-47(52(67)56-32-37-21-17-15-18-22-37)44(62)31-54(68,72-45)30-40(59)27-43(61)42(60)25-24-38(57)26-39(58)28-46(63)69-35(3)34(2)49(33)64/h5-23,33-36,38-45,47-51,53,57-62,64-66,68H,24-32,55H2,1-4H3,(H,56,67)/t33?,34?,35?,36?,38-,39-,40+,41+,42-,43-,44?,45?,47-,48?,49-,50?,51?,53?,54-/m1/s1. The molecule has 2 fully saturated rings. The van der Waals surface area contributed by atoms with Gasteiger partial charge in [-0.1, -0.05) is 129 Å². The van der Waals surface area contributed by atoms with Crippen LogP contribution in [0.5, 0.6) is 0 Å². The molecule has 0 aromatic heterocycles. The summed E-state index contributed by atoms with van der Waals surface area (Å²) in [4.78, 5) is 26.7. The van der Waals surface area contributed by atoms with Crippen molar-refractivity contribution in [3.8, 4) is 0 Å². The summed E-state index contributed by atoms with van der Waals surface area (Å²) in [5.41, 5.74) is 6.90. The van der Waals surface area contributed by atoms with Gasteiger partial charge in [0, 0.05) is 44.1 Å². The van der Waals surface area contributed by atoms with Crippen molar-refractivity contribution in [3.05, 3.63) is 121 Å². The maximum absolute atomic E-state index is 14.0. The van der Waals surface area contributed by atoms with Crippen LogP contribution >= 0.6 is 0 Å². The monoisotopic (exact) mass is 1010 g/mol.